The Bertz CT molecular complexity index is 580. The summed E-state index contributed by atoms with van der Waals surface area (Å²) >= 11 is 1.51. The third-order valence-corrected chi connectivity index (χ3v) is 3.26. The average molecular weight is 265 g/mol. The molecule has 0 spiro atoms. The van der Waals surface area contributed by atoms with Gasteiger partial charge in [0, 0.05) is 11.8 Å². The number of carbonyl (C=O) groups excluding carboxylic acids is 1. The Balaban J connectivity index is 2.08. The van der Waals surface area contributed by atoms with Crippen molar-refractivity contribution in [2.75, 3.05) is 0 Å². The molecule has 2 aromatic rings. The predicted molar refractivity (Wildman–Crippen MR) is 67.6 cm³/mol. The quantitative estimate of drug-likeness (QED) is 0.796. The van der Waals surface area contributed by atoms with Crippen LogP contribution in [-0.4, -0.2) is 10.8 Å². The number of thiazole rings is 1. The maximum absolute atomic E-state index is 13.6. The van der Waals surface area contributed by atoms with Crippen LogP contribution in [0.25, 0.3) is 0 Å². The van der Waals surface area contributed by atoms with Gasteiger partial charge in [-0.15, -0.1) is 11.3 Å². The molecule has 1 aromatic carbocycles. The van der Waals surface area contributed by atoms with Crippen LogP contribution in [0.5, 0.6) is 5.75 Å². The van der Waals surface area contributed by atoms with Crippen molar-refractivity contribution in [3.8, 4) is 5.75 Å². The Hall–Kier alpha value is -1.75. The van der Waals surface area contributed by atoms with Gasteiger partial charge in [0.2, 0.25) is 0 Å². The minimum atomic E-state index is -0.524. The Morgan fingerprint density at radius 1 is 1.50 bits per heavy atom. The van der Waals surface area contributed by atoms with E-state index >= 15 is 0 Å². The lowest BCUT2D eigenvalue weighted by Gasteiger charge is -2.06. The van der Waals surface area contributed by atoms with E-state index in [2.05, 4.69) is 4.98 Å². The molecule has 0 fully saturated rings. The highest BCUT2D eigenvalue weighted by atomic mass is 32.1. The normalized spacial score (nSPS) is 10.4. The number of nitrogens with zero attached hydrogens (tertiary/aromatic N) is 1. The number of ether oxygens (including phenoxy) is 1. The molecular weight excluding hydrogens is 253 g/mol. The van der Waals surface area contributed by atoms with Crippen LogP contribution < -0.4 is 4.74 Å². The number of halogens is 1. The fourth-order valence-corrected chi connectivity index (χ4v) is 2.17. The van der Waals surface area contributed by atoms with Crippen LogP contribution in [0.3, 0.4) is 0 Å². The zero-order valence-corrected chi connectivity index (χ0v) is 10.9. The molecule has 5 heteroatoms. The van der Waals surface area contributed by atoms with E-state index in [0.717, 1.165) is 9.88 Å². The lowest BCUT2D eigenvalue weighted by molar-refractivity contribution is 0.101. The van der Waals surface area contributed by atoms with E-state index in [1.165, 1.54) is 30.4 Å². The van der Waals surface area contributed by atoms with Gasteiger partial charge >= 0.3 is 0 Å². The number of rotatable bonds is 4. The largest absolute Gasteiger partial charge is 0.485 e. The number of carbonyl (C=O) groups is 1. The molecule has 2 rings (SSSR count). The molecule has 1 aromatic heterocycles. The summed E-state index contributed by atoms with van der Waals surface area (Å²) in [4.78, 5) is 16.1. The summed E-state index contributed by atoms with van der Waals surface area (Å²) in [6.45, 7) is 3.58. The molecule has 0 atom stereocenters. The van der Waals surface area contributed by atoms with Crippen molar-refractivity contribution in [1.29, 1.82) is 0 Å². The summed E-state index contributed by atoms with van der Waals surface area (Å²) in [7, 11) is 0. The highest BCUT2D eigenvalue weighted by Gasteiger charge is 2.08. The first-order chi connectivity index (χ1) is 8.56. The van der Waals surface area contributed by atoms with Crippen molar-refractivity contribution < 1.29 is 13.9 Å². The molecule has 0 aliphatic heterocycles. The third-order valence-electron chi connectivity index (χ3n) is 2.38. The molecule has 3 nitrogen and oxygen atoms in total. The summed E-state index contributed by atoms with van der Waals surface area (Å²) < 4.78 is 19.0. The van der Waals surface area contributed by atoms with Crippen LogP contribution in [0.2, 0.25) is 0 Å². The molecule has 0 N–H and O–H groups in total. The van der Waals surface area contributed by atoms with Gasteiger partial charge in [0.05, 0.1) is 9.88 Å². The van der Waals surface area contributed by atoms with Crippen LogP contribution >= 0.6 is 11.3 Å². The molecule has 1 heterocycles. The molecule has 0 aliphatic carbocycles. The monoisotopic (exact) mass is 265 g/mol. The fraction of sp³-hybridized carbons (Fsp3) is 0.231. The van der Waals surface area contributed by atoms with Gasteiger partial charge in [-0.3, -0.25) is 4.79 Å². The molecule has 18 heavy (non-hydrogen) atoms. The number of aryl methyl sites for hydroxylation is 1. The predicted octanol–water partition coefficient (Wildman–Crippen LogP) is 3.37. The summed E-state index contributed by atoms with van der Waals surface area (Å²) in [5, 5.41) is 0.945. The maximum Gasteiger partial charge on any atom is 0.165 e. The second-order valence-electron chi connectivity index (χ2n) is 3.84. The first-order valence-electron chi connectivity index (χ1n) is 5.41. The van der Waals surface area contributed by atoms with Gasteiger partial charge in [0.15, 0.2) is 17.3 Å². The minimum absolute atomic E-state index is 0.144. The van der Waals surface area contributed by atoms with Crippen molar-refractivity contribution in [2.45, 2.75) is 20.5 Å². The second kappa shape index (κ2) is 5.27. The van der Waals surface area contributed by atoms with Gasteiger partial charge < -0.3 is 4.74 Å². The summed E-state index contributed by atoms with van der Waals surface area (Å²) in [5.41, 5.74) is 0.341. The van der Waals surface area contributed by atoms with Crippen LogP contribution in [0, 0.1) is 12.7 Å². The molecule has 0 radical (unpaired) electrons. The van der Waals surface area contributed by atoms with Crippen molar-refractivity contribution in [3.63, 3.8) is 0 Å². The van der Waals surface area contributed by atoms with Crippen molar-refractivity contribution >= 4 is 17.1 Å². The van der Waals surface area contributed by atoms with E-state index < -0.39 is 5.82 Å². The van der Waals surface area contributed by atoms with Gasteiger partial charge in [0.1, 0.15) is 6.61 Å². The zero-order chi connectivity index (χ0) is 13.1. The van der Waals surface area contributed by atoms with Crippen LogP contribution in [0.1, 0.15) is 27.2 Å². The average Bonchev–Trinajstić information content (AvgIpc) is 2.73. The van der Waals surface area contributed by atoms with Crippen LogP contribution in [0.4, 0.5) is 4.39 Å². The summed E-state index contributed by atoms with van der Waals surface area (Å²) in [5.74, 6) is -0.548. The van der Waals surface area contributed by atoms with Gasteiger partial charge in [-0.2, -0.15) is 0 Å². The molecule has 0 saturated carbocycles. The lowest BCUT2D eigenvalue weighted by atomic mass is 10.1. The highest BCUT2D eigenvalue weighted by Crippen LogP contribution is 2.21. The number of hydrogen-bond acceptors (Lipinski definition) is 4. The first-order valence-corrected chi connectivity index (χ1v) is 6.22. The lowest BCUT2D eigenvalue weighted by Crippen LogP contribution is -1.98. The van der Waals surface area contributed by atoms with Crippen molar-refractivity contribution in [2.24, 2.45) is 0 Å². The first kappa shape index (κ1) is 12.7. The van der Waals surface area contributed by atoms with Gasteiger partial charge in [-0.05, 0) is 32.0 Å². The summed E-state index contributed by atoms with van der Waals surface area (Å²) in [6.07, 6.45) is 1.71. The van der Waals surface area contributed by atoms with E-state index in [1.807, 2.05) is 6.92 Å². The molecule has 0 amide bonds. The molecule has 0 unspecified atom stereocenters. The third kappa shape index (κ3) is 2.92. The topological polar surface area (TPSA) is 39.2 Å². The van der Waals surface area contributed by atoms with Gasteiger partial charge in [-0.1, -0.05) is 0 Å². The number of hydrogen-bond donors (Lipinski definition) is 0. The smallest absolute Gasteiger partial charge is 0.165 e. The molecule has 0 aliphatic rings. The van der Waals surface area contributed by atoms with E-state index in [9.17, 15) is 9.18 Å². The number of Topliss-reactive ketones (excluding diaryl/α,β-unsaturated/α-hetero) is 1. The Morgan fingerprint density at radius 2 is 2.28 bits per heavy atom. The minimum Gasteiger partial charge on any atom is -0.485 e. The number of ketones is 1. The Labute approximate surface area is 108 Å². The van der Waals surface area contributed by atoms with E-state index in [1.54, 1.807) is 12.3 Å². The second-order valence-corrected chi connectivity index (χ2v) is 5.15. The Morgan fingerprint density at radius 3 is 2.83 bits per heavy atom. The fourth-order valence-electron chi connectivity index (χ4n) is 1.46. The van der Waals surface area contributed by atoms with E-state index in [-0.39, 0.29) is 18.1 Å². The maximum atomic E-state index is 13.6. The molecule has 0 bridgehead atoms. The number of aromatic nitrogens is 1. The van der Waals surface area contributed by atoms with Gasteiger partial charge in [0.25, 0.3) is 0 Å². The molecule has 0 saturated heterocycles. The van der Waals surface area contributed by atoms with Crippen molar-refractivity contribution in [3.05, 3.63) is 45.7 Å². The SMILES string of the molecule is CC(=O)c1ccc(OCc2cnc(C)s2)c(F)c1. The van der Waals surface area contributed by atoms with E-state index in [0.29, 0.717) is 5.56 Å². The Kier molecular flexibility index (Phi) is 3.72. The van der Waals surface area contributed by atoms with Crippen molar-refractivity contribution in [1.82, 2.24) is 4.98 Å². The zero-order valence-electron chi connectivity index (χ0n) is 10.1. The summed E-state index contributed by atoms with van der Waals surface area (Å²) in [6, 6.07) is 4.22. The molecular formula is C13H12FNO2S. The van der Waals surface area contributed by atoms with Gasteiger partial charge in [-0.25, -0.2) is 9.37 Å². The molecule has 94 valence electrons. The standard InChI is InChI=1S/C13H12FNO2S/c1-8(16)10-3-4-13(12(14)5-10)17-7-11-6-15-9(2)18-11/h3-6H,7H2,1-2H3. The number of benzene rings is 1. The van der Waals surface area contributed by atoms with Crippen LogP contribution in [-0.2, 0) is 6.61 Å². The van der Waals surface area contributed by atoms with E-state index in [4.69, 9.17) is 4.74 Å². The van der Waals surface area contributed by atoms with Crippen LogP contribution in [0.15, 0.2) is 24.4 Å². The highest BCUT2D eigenvalue weighted by molar-refractivity contribution is 7.11.